The Morgan fingerprint density at radius 1 is 0.450 bits per heavy atom. The Morgan fingerprint density at radius 2 is 1.13 bits per heavy atom. The minimum Gasteiger partial charge on any atom is -0.456 e. The van der Waals surface area contributed by atoms with E-state index in [1.165, 1.54) is 66.3 Å². The van der Waals surface area contributed by atoms with Crippen molar-refractivity contribution in [3.05, 3.63) is 192 Å². The number of fused-ring (bicyclic) bond motifs is 12. The van der Waals surface area contributed by atoms with Crippen LogP contribution in [0.15, 0.2) is 174 Å². The lowest BCUT2D eigenvalue weighted by Crippen LogP contribution is -2.14. The fraction of sp³-hybridized carbons (Fsp3) is 0.0727. The Morgan fingerprint density at radius 3 is 2.02 bits per heavy atom. The van der Waals surface area contributed by atoms with E-state index >= 15 is 0 Å². The van der Waals surface area contributed by atoms with E-state index < -0.39 is 0 Å². The summed E-state index contributed by atoms with van der Waals surface area (Å²) in [6.45, 7) is 4.72. The molecule has 0 fully saturated rings. The van der Waals surface area contributed by atoms with Gasteiger partial charge in [0.1, 0.15) is 11.2 Å². The summed E-state index contributed by atoms with van der Waals surface area (Å²) in [7, 11) is 0. The van der Waals surface area contributed by atoms with Crippen LogP contribution in [0.25, 0.3) is 106 Å². The number of hydrogen-bond donors (Lipinski definition) is 0. The molecule has 11 aromatic rings. The SMILES string of the molecule is CC1(C)c2ccccc2-c2cc3c4ccccc4n(-c4ccc5c(c4)-c4cc(-c6nc(-c7ccccc7)nc(-c7cccc8oc9ccccc9c78)n6)ccc4C5)c3cc21. The van der Waals surface area contributed by atoms with Gasteiger partial charge < -0.3 is 8.98 Å². The standard InChI is InChI=1S/C55H36N4O/c1-55(2)45-19-9-6-15-37(45)43-30-44-38-16-7-10-20-47(38)59(48(44)31-46(43)55)36-26-25-34-27-33-23-24-35(28-41(33)42(34)29-36)53-56-52(32-13-4-3-5-14-32)57-54(58-53)40-18-12-22-50-51(40)39-17-8-11-21-49(39)60-50/h3-26,28-31H,27H2,1-2H3. The van der Waals surface area contributed by atoms with Crippen LogP contribution in [0.5, 0.6) is 0 Å². The summed E-state index contributed by atoms with van der Waals surface area (Å²) in [6, 6.07) is 60.8. The molecular formula is C55H36N4O. The molecule has 2 aliphatic rings. The Balaban J connectivity index is 0.976. The number of furan rings is 1. The zero-order valence-electron chi connectivity index (χ0n) is 33.1. The molecule has 0 spiro atoms. The van der Waals surface area contributed by atoms with Crippen molar-refractivity contribution in [3.63, 3.8) is 0 Å². The quantitative estimate of drug-likeness (QED) is 0.179. The minimum atomic E-state index is -0.0945. The summed E-state index contributed by atoms with van der Waals surface area (Å²) in [5.41, 5.74) is 18.5. The molecule has 0 saturated carbocycles. The molecule has 8 aromatic carbocycles. The van der Waals surface area contributed by atoms with E-state index in [9.17, 15) is 0 Å². The summed E-state index contributed by atoms with van der Waals surface area (Å²) in [5, 5.41) is 4.58. The van der Waals surface area contributed by atoms with Crippen LogP contribution >= 0.6 is 0 Å². The fourth-order valence-electron chi connectivity index (χ4n) is 10.2. The highest BCUT2D eigenvalue weighted by Gasteiger charge is 2.36. The van der Waals surface area contributed by atoms with Crippen molar-refractivity contribution in [1.82, 2.24) is 19.5 Å². The minimum absolute atomic E-state index is 0.0945. The largest absolute Gasteiger partial charge is 0.456 e. The maximum atomic E-state index is 6.28. The third-order valence-electron chi connectivity index (χ3n) is 13.1. The van der Waals surface area contributed by atoms with Crippen molar-refractivity contribution in [1.29, 1.82) is 0 Å². The predicted molar refractivity (Wildman–Crippen MR) is 244 cm³/mol. The molecule has 0 radical (unpaired) electrons. The summed E-state index contributed by atoms with van der Waals surface area (Å²) in [5.74, 6) is 1.88. The average molecular weight is 769 g/mol. The molecule has 0 bridgehead atoms. The van der Waals surface area contributed by atoms with Gasteiger partial charge in [-0.3, -0.25) is 0 Å². The molecule has 0 amide bonds. The van der Waals surface area contributed by atoms with E-state index in [1.807, 2.05) is 48.5 Å². The number of benzene rings is 8. The molecule has 0 atom stereocenters. The van der Waals surface area contributed by atoms with Crippen LogP contribution in [0, 0.1) is 0 Å². The second-order valence-corrected chi connectivity index (χ2v) is 16.8. The van der Waals surface area contributed by atoms with Crippen LogP contribution in [0.4, 0.5) is 0 Å². The molecular weight excluding hydrogens is 733 g/mol. The van der Waals surface area contributed by atoms with Crippen molar-refractivity contribution in [2.45, 2.75) is 25.7 Å². The van der Waals surface area contributed by atoms with Gasteiger partial charge in [-0.1, -0.05) is 135 Å². The van der Waals surface area contributed by atoms with Crippen LogP contribution in [0.1, 0.15) is 36.1 Å². The highest BCUT2D eigenvalue weighted by Crippen LogP contribution is 2.51. The van der Waals surface area contributed by atoms with Crippen molar-refractivity contribution in [2.75, 3.05) is 0 Å². The van der Waals surface area contributed by atoms with Crippen molar-refractivity contribution in [2.24, 2.45) is 0 Å². The molecule has 3 aromatic heterocycles. The maximum Gasteiger partial charge on any atom is 0.164 e. The molecule has 5 nitrogen and oxygen atoms in total. The van der Waals surface area contributed by atoms with E-state index in [-0.39, 0.29) is 5.41 Å². The van der Waals surface area contributed by atoms with Gasteiger partial charge in [0.15, 0.2) is 17.5 Å². The molecule has 60 heavy (non-hydrogen) atoms. The molecule has 0 unspecified atom stereocenters. The van der Waals surface area contributed by atoms with E-state index in [0.717, 1.165) is 50.7 Å². The first kappa shape index (κ1) is 33.4. The highest BCUT2D eigenvalue weighted by atomic mass is 16.3. The topological polar surface area (TPSA) is 56.7 Å². The number of para-hydroxylation sites is 2. The zero-order chi connectivity index (χ0) is 39.7. The molecule has 3 heterocycles. The van der Waals surface area contributed by atoms with Gasteiger partial charge >= 0.3 is 0 Å². The van der Waals surface area contributed by atoms with E-state index in [4.69, 9.17) is 19.4 Å². The first-order chi connectivity index (χ1) is 29.5. The maximum absolute atomic E-state index is 6.28. The Bertz CT molecular complexity index is 3610. The molecule has 0 aliphatic heterocycles. The van der Waals surface area contributed by atoms with Crippen molar-refractivity contribution >= 4 is 43.7 Å². The normalized spacial score (nSPS) is 13.6. The van der Waals surface area contributed by atoms with Crippen molar-refractivity contribution < 1.29 is 4.42 Å². The van der Waals surface area contributed by atoms with Crippen LogP contribution in [0.2, 0.25) is 0 Å². The summed E-state index contributed by atoms with van der Waals surface area (Å²) in [6.07, 6.45) is 0.881. The summed E-state index contributed by atoms with van der Waals surface area (Å²) in [4.78, 5) is 15.5. The number of rotatable bonds is 4. The Labute approximate surface area is 346 Å². The molecule has 282 valence electrons. The van der Waals surface area contributed by atoms with E-state index in [2.05, 4.69) is 140 Å². The lowest BCUT2D eigenvalue weighted by molar-refractivity contribution is 0.661. The molecule has 5 heteroatoms. The fourth-order valence-corrected chi connectivity index (χ4v) is 10.2. The third-order valence-corrected chi connectivity index (χ3v) is 13.1. The molecule has 2 aliphatic carbocycles. The third kappa shape index (κ3) is 4.71. The van der Waals surface area contributed by atoms with Gasteiger partial charge in [-0.15, -0.1) is 0 Å². The first-order valence-electron chi connectivity index (χ1n) is 20.6. The zero-order valence-corrected chi connectivity index (χ0v) is 33.1. The van der Waals surface area contributed by atoms with E-state index in [0.29, 0.717) is 17.5 Å². The molecule has 0 N–H and O–H groups in total. The highest BCUT2D eigenvalue weighted by molar-refractivity contribution is 6.13. The first-order valence-corrected chi connectivity index (χ1v) is 20.6. The summed E-state index contributed by atoms with van der Waals surface area (Å²) < 4.78 is 8.75. The Hall–Kier alpha value is -7.63. The van der Waals surface area contributed by atoms with Gasteiger partial charge in [0, 0.05) is 49.3 Å². The second-order valence-electron chi connectivity index (χ2n) is 16.8. The van der Waals surface area contributed by atoms with Gasteiger partial charge in [0.25, 0.3) is 0 Å². The van der Waals surface area contributed by atoms with Gasteiger partial charge in [-0.25, -0.2) is 15.0 Å². The van der Waals surface area contributed by atoms with Gasteiger partial charge in [0.2, 0.25) is 0 Å². The predicted octanol–water partition coefficient (Wildman–Crippen LogP) is 13.7. The lowest BCUT2D eigenvalue weighted by atomic mass is 9.82. The average Bonchev–Trinajstić information content (AvgIpc) is 4.02. The summed E-state index contributed by atoms with van der Waals surface area (Å²) >= 11 is 0. The smallest absolute Gasteiger partial charge is 0.164 e. The molecule has 0 saturated heterocycles. The lowest BCUT2D eigenvalue weighted by Gasteiger charge is -2.21. The number of aromatic nitrogens is 4. The monoisotopic (exact) mass is 768 g/mol. The van der Waals surface area contributed by atoms with Crippen LogP contribution in [-0.4, -0.2) is 19.5 Å². The van der Waals surface area contributed by atoms with Crippen LogP contribution in [-0.2, 0) is 11.8 Å². The number of nitrogens with zero attached hydrogens (tertiary/aromatic N) is 4. The van der Waals surface area contributed by atoms with Gasteiger partial charge in [-0.05, 0) is 99.5 Å². The van der Waals surface area contributed by atoms with Crippen LogP contribution < -0.4 is 0 Å². The molecule has 13 rings (SSSR count). The Kier molecular flexibility index (Phi) is 6.78. The van der Waals surface area contributed by atoms with Gasteiger partial charge in [0.05, 0.1) is 11.0 Å². The van der Waals surface area contributed by atoms with Crippen molar-refractivity contribution in [3.8, 4) is 62.1 Å². The van der Waals surface area contributed by atoms with Gasteiger partial charge in [-0.2, -0.15) is 0 Å². The van der Waals surface area contributed by atoms with Crippen LogP contribution in [0.3, 0.4) is 0 Å². The second kappa shape index (κ2) is 12.2. The van der Waals surface area contributed by atoms with E-state index in [1.54, 1.807) is 0 Å². The number of hydrogen-bond acceptors (Lipinski definition) is 4.